The van der Waals surface area contributed by atoms with Gasteiger partial charge in [0.05, 0.1) is 18.9 Å². The Morgan fingerprint density at radius 3 is 2.95 bits per heavy atom. The van der Waals surface area contributed by atoms with E-state index in [1.54, 1.807) is 0 Å². The van der Waals surface area contributed by atoms with Crippen molar-refractivity contribution < 1.29 is 4.79 Å². The van der Waals surface area contributed by atoms with Gasteiger partial charge in [-0.15, -0.1) is 0 Å². The summed E-state index contributed by atoms with van der Waals surface area (Å²) in [7, 11) is 0. The number of rotatable bonds is 2. The largest absolute Gasteiger partial charge is 0.326 e. The van der Waals surface area contributed by atoms with Crippen LogP contribution in [0.5, 0.6) is 0 Å². The van der Waals surface area contributed by atoms with Gasteiger partial charge >= 0.3 is 0 Å². The predicted molar refractivity (Wildman–Crippen MR) is 78.5 cm³/mol. The molecule has 2 aromatic rings. The highest BCUT2D eigenvalue weighted by Crippen LogP contribution is 2.35. The van der Waals surface area contributed by atoms with Crippen LogP contribution in [0, 0.1) is 11.3 Å². The van der Waals surface area contributed by atoms with Gasteiger partial charge in [0.15, 0.2) is 0 Å². The van der Waals surface area contributed by atoms with Gasteiger partial charge in [-0.1, -0.05) is 29.8 Å². The van der Waals surface area contributed by atoms with Gasteiger partial charge in [0.1, 0.15) is 0 Å². The van der Waals surface area contributed by atoms with E-state index in [0.29, 0.717) is 17.9 Å². The molecule has 1 heterocycles. The Bertz CT molecular complexity index is 747. The number of nitriles is 1. The van der Waals surface area contributed by atoms with Crippen LogP contribution >= 0.6 is 11.6 Å². The molecular formula is C16H11ClN2O. The molecule has 4 heteroatoms. The second-order valence-electron chi connectivity index (χ2n) is 4.71. The molecule has 1 N–H and O–H groups in total. The summed E-state index contributed by atoms with van der Waals surface area (Å²) >= 11 is 6.29. The molecule has 0 fully saturated rings. The molecule has 0 aromatic heterocycles. The molecule has 0 atom stereocenters. The van der Waals surface area contributed by atoms with E-state index >= 15 is 0 Å². The SMILES string of the molecule is N#CCc1cccc(Cl)c1-c1ccc2c(c1)CC(=O)N2. The van der Waals surface area contributed by atoms with Gasteiger partial charge in [0, 0.05) is 16.3 Å². The lowest BCUT2D eigenvalue weighted by atomic mass is 9.96. The summed E-state index contributed by atoms with van der Waals surface area (Å²) in [5, 5.41) is 12.4. The number of anilines is 1. The van der Waals surface area contributed by atoms with Gasteiger partial charge in [0.25, 0.3) is 0 Å². The molecule has 1 aliphatic rings. The summed E-state index contributed by atoms with van der Waals surface area (Å²) in [6, 6.07) is 13.5. The highest BCUT2D eigenvalue weighted by molar-refractivity contribution is 6.33. The minimum Gasteiger partial charge on any atom is -0.326 e. The van der Waals surface area contributed by atoms with Crippen molar-refractivity contribution in [3.05, 3.63) is 52.5 Å². The quantitative estimate of drug-likeness (QED) is 0.915. The third-order valence-electron chi connectivity index (χ3n) is 3.39. The van der Waals surface area contributed by atoms with Crippen LogP contribution in [0.1, 0.15) is 11.1 Å². The first-order chi connectivity index (χ1) is 9.69. The van der Waals surface area contributed by atoms with Crippen LogP contribution in [0.15, 0.2) is 36.4 Å². The molecule has 0 aliphatic carbocycles. The number of amides is 1. The standard InChI is InChI=1S/C16H11ClN2O/c17-13-3-1-2-10(6-7-18)16(13)11-4-5-14-12(8-11)9-15(20)19-14/h1-5,8H,6,9H2,(H,19,20). The smallest absolute Gasteiger partial charge is 0.228 e. The average molecular weight is 283 g/mol. The fourth-order valence-electron chi connectivity index (χ4n) is 2.51. The van der Waals surface area contributed by atoms with Crippen LogP contribution in [0.2, 0.25) is 5.02 Å². The third-order valence-corrected chi connectivity index (χ3v) is 3.70. The molecule has 0 radical (unpaired) electrons. The summed E-state index contributed by atoms with van der Waals surface area (Å²) in [5.41, 5.74) is 4.54. The minimum atomic E-state index is 0.00792. The fraction of sp³-hybridized carbons (Fsp3) is 0.125. The number of benzene rings is 2. The summed E-state index contributed by atoms with van der Waals surface area (Å²) in [6.45, 7) is 0. The zero-order chi connectivity index (χ0) is 14.1. The Balaban J connectivity index is 2.13. The zero-order valence-corrected chi connectivity index (χ0v) is 11.4. The summed E-state index contributed by atoms with van der Waals surface area (Å²) in [6.07, 6.45) is 0.700. The first kappa shape index (κ1) is 12.7. The molecule has 3 nitrogen and oxygen atoms in total. The fourth-order valence-corrected chi connectivity index (χ4v) is 2.81. The summed E-state index contributed by atoms with van der Waals surface area (Å²) in [5.74, 6) is 0.00792. The van der Waals surface area contributed by atoms with E-state index in [-0.39, 0.29) is 5.91 Å². The van der Waals surface area contributed by atoms with Crippen molar-refractivity contribution in [3.8, 4) is 17.2 Å². The van der Waals surface area contributed by atoms with E-state index in [2.05, 4.69) is 11.4 Å². The Labute approximate surface area is 121 Å². The summed E-state index contributed by atoms with van der Waals surface area (Å²) in [4.78, 5) is 11.4. The zero-order valence-electron chi connectivity index (χ0n) is 10.6. The van der Waals surface area contributed by atoms with Crippen molar-refractivity contribution in [2.24, 2.45) is 0 Å². The van der Waals surface area contributed by atoms with Crippen LogP contribution in [-0.4, -0.2) is 5.91 Å². The Morgan fingerprint density at radius 2 is 2.15 bits per heavy atom. The van der Waals surface area contributed by atoms with Crippen molar-refractivity contribution in [1.29, 1.82) is 5.26 Å². The second kappa shape index (κ2) is 4.99. The van der Waals surface area contributed by atoms with Crippen molar-refractivity contribution in [1.82, 2.24) is 0 Å². The van der Waals surface area contributed by atoms with E-state index in [9.17, 15) is 4.79 Å². The molecule has 20 heavy (non-hydrogen) atoms. The topological polar surface area (TPSA) is 52.9 Å². The van der Waals surface area contributed by atoms with Crippen LogP contribution in [0.3, 0.4) is 0 Å². The molecule has 0 bridgehead atoms. The number of hydrogen-bond donors (Lipinski definition) is 1. The maximum atomic E-state index is 11.4. The molecule has 0 saturated carbocycles. The van der Waals surface area contributed by atoms with Gasteiger partial charge < -0.3 is 5.32 Å². The number of carbonyl (C=O) groups is 1. The number of nitrogens with one attached hydrogen (secondary N) is 1. The Morgan fingerprint density at radius 1 is 1.30 bits per heavy atom. The van der Waals surface area contributed by atoms with Crippen molar-refractivity contribution in [2.75, 3.05) is 5.32 Å². The van der Waals surface area contributed by atoms with Crippen molar-refractivity contribution in [2.45, 2.75) is 12.8 Å². The molecule has 0 spiro atoms. The molecular weight excluding hydrogens is 272 g/mol. The second-order valence-corrected chi connectivity index (χ2v) is 5.11. The lowest BCUT2D eigenvalue weighted by molar-refractivity contribution is -0.115. The highest BCUT2D eigenvalue weighted by atomic mass is 35.5. The number of carbonyl (C=O) groups excluding carboxylic acids is 1. The number of halogens is 1. The van der Waals surface area contributed by atoms with Crippen LogP contribution in [0.4, 0.5) is 5.69 Å². The average Bonchev–Trinajstić information content (AvgIpc) is 2.78. The van der Waals surface area contributed by atoms with Crippen LogP contribution in [-0.2, 0) is 17.6 Å². The van der Waals surface area contributed by atoms with Crippen molar-refractivity contribution in [3.63, 3.8) is 0 Å². The van der Waals surface area contributed by atoms with Crippen molar-refractivity contribution >= 4 is 23.2 Å². The van der Waals surface area contributed by atoms with Gasteiger partial charge in [-0.05, 0) is 34.9 Å². The van der Waals surface area contributed by atoms with Crippen LogP contribution in [0.25, 0.3) is 11.1 Å². The molecule has 98 valence electrons. The van der Waals surface area contributed by atoms with E-state index < -0.39 is 0 Å². The Kier molecular flexibility index (Phi) is 3.17. The Hall–Kier alpha value is -2.31. The van der Waals surface area contributed by atoms with Crippen LogP contribution < -0.4 is 5.32 Å². The van der Waals surface area contributed by atoms with Gasteiger partial charge in [-0.25, -0.2) is 0 Å². The first-order valence-corrected chi connectivity index (χ1v) is 6.64. The number of fused-ring (bicyclic) bond motifs is 1. The minimum absolute atomic E-state index is 0.00792. The number of hydrogen-bond acceptors (Lipinski definition) is 2. The van der Waals surface area contributed by atoms with Gasteiger partial charge in [-0.3, -0.25) is 4.79 Å². The normalized spacial score (nSPS) is 12.7. The molecule has 0 unspecified atom stereocenters. The van der Waals surface area contributed by atoms with E-state index in [0.717, 1.165) is 27.9 Å². The van der Waals surface area contributed by atoms with Gasteiger partial charge in [-0.2, -0.15) is 5.26 Å². The molecule has 3 rings (SSSR count). The van der Waals surface area contributed by atoms with Gasteiger partial charge in [0.2, 0.25) is 5.91 Å². The first-order valence-electron chi connectivity index (χ1n) is 6.26. The lowest BCUT2D eigenvalue weighted by Gasteiger charge is -2.11. The number of nitrogens with zero attached hydrogens (tertiary/aromatic N) is 1. The molecule has 1 aliphatic heterocycles. The monoisotopic (exact) mass is 282 g/mol. The van der Waals surface area contributed by atoms with E-state index in [4.69, 9.17) is 16.9 Å². The third kappa shape index (κ3) is 2.15. The van der Waals surface area contributed by atoms with E-state index in [1.807, 2.05) is 36.4 Å². The maximum absolute atomic E-state index is 11.4. The molecule has 1 amide bonds. The van der Waals surface area contributed by atoms with E-state index in [1.165, 1.54) is 0 Å². The molecule has 2 aromatic carbocycles. The molecule has 0 saturated heterocycles. The summed E-state index contributed by atoms with van der Waals surface area (Å²) < 4.78 is 0. The maximum Gasteiger partial charge on any atom is 0.228 e. The predicted octanol–water partition coefficient (Wildman–Crippen LogP) is 3.57. The lowest BCUT2D eigenvalue weighted by Crippen LogP contribution is -2.03. The highest BCUT2D eigenvalue weighted by Gasteiger charge is 2.19.